The summed E-state index contributed by atoms with van der Waals surface area (Å²) < 4.78 is 16.1. The van der Waals surface area contributed by atoms with Gasteiger partial charge in [-0.15, -0.1) is 11.3 Å². The number of thiazole rings is 1. The second kappa shape index (κ2) is 8.05. The van der Waals surface area contributed by atoms with Crippen LogP contribution in [0.3, 0.4) is 0 Å². The van der Waals surface area contributed by atoms with Crippen LogP contribution in [0.15, 0.2) is 40.9 Å². The highest BCUT2D eigenvalue weighted by Gasteiger charge is 2.19. The van der Waals surface area contributed by atoms with Gasteiger partial charge in [-0.05, 0) is 25.0 Å². The highest BCUT2D eigenvalue weighted by molar-refractivity contribution is 7.11. The van der Waals surface area contributed by atoms with Crippen molar-refractivity contribution in [3.8, 4) is 17.2 Å². The fourth-order valence-electron chi connectivity index (χ4n) is 2.76. The largest absolute Gasteiger partial charge is 0.493 e. The molecule has 1 aliphatic rings. The van der Waals surface area contributed by atoms with Crippen molar-refractivity contribution in [3.05, 3.63) is 52.0 Å². The number of oxime groups is 1. The monoisotopic (exact) mass is 372 g/mol. The van der Waals surface area contributed by atoms with Crippen LogP contribution >= 0.6 is 11.3 Å². The van der Waals surface area contributed by atoms with Crippen LogP contribution in [-0.2, 0) is 0 Å². The molecule has 26 heavy (non-hydrogen) atoms. The molecule has 0 fully saturated rings. The van der Waals surface area contributed by atoms with Gasteiger partial charge < -0.3 is 19.4 Å². The first kappa shape index (κ1) is 18.0. The summed E-state index contributed by atoms with van der Waals surface area (Å²) in [6.07, 6.45) is 8.43. The molecule has 0 unspecified atom stereocenters. The molecule has 0 bridgehead atoms. The molecule has 0 aliphatic heterocycles. The second-order valence-electron chi connectivity index (χ2n) is 5.54. The lowest BCUT2D eigenvalue weighted by Crippen LogP contribution is -2.06. The first-order valence-electron chi connectivity index (χ1n) is 8.07. The van der Waals surface area contributed by atoms with Crippen LogP contribution in [0.25, 0.3) is 5.57 Å². The Balaban J connectivity index is 2.01. The van der Waals surface area contributed by atoms with Gasteiger partial charge in [0.15, 0.2) is 11.5 Å². The summed E-state index contributed by atoms with van der Waals surface area (Å²) in [5.74, 6) is 1.44. The quantitative estimate of drug-likeness (QED) is 0.469. The first-order valence-corrected chi connectivity index (χ1v) is 8.95. The number of hydrogen-bond acceptors (Lipinski definition) is 7. The number of nitrogens with zero attached hydrogens (tertiary/aromatic N) is 2. The minimum atomic E-state index is 0.340. The van der Waals surface area contributed by atoms with Gasteiger partial charge in [-0.3, -0.25) is 0 Å². The van der Waals surface area contributed by atoms with Crippen LogP contribution in [0.1, 0.15) is 29.1 Å². The molecule has 1 aromatic carbocycles. The van der Waals surface area contributed by atoms with E-state index in [4.69, 9.17) is 14.2 Å². The van der Waals surface area contributed by atoms with E-state index in [9.17, 15) is 5.21 Å². The maximum absolute atomic E-state index is 9.62. The third-order valence-electron chi connectivity index (χ3n) is 4.03. The lowest BCUT2D eigenvalue weighted by molar-refractivity contribution is 0.318. The Morgan fingerprint density at radius 2 is 1.85 bits per heavy atom. The number of hydrogen-bond donors (Lipinski definition) is 1. The molecule has 0 radical (unpaired) electrons. The lowest BCUT2D eigenvalue weighted by atomic mass is 10.1. The Kier molecular flexibility index (Phi) is 5.58. The molecular weight excluding hydrogens is 352 g/mol. The molecule has 0 saturated carbocycles. The van der Waals surface area contributed by atoms with E-state index in [0.29, 0.717) is 34.2 Å². The van der Waals surface area contributed by atoms with E-state index < -0.39 is 0 Å². The molecule has 0 atom stereocenters. The van der Waals surface area contributed by atoms with Crippen molar-refractivity contribution in [2.75, 3.05) is 21.3 Å². The minimum absolute atomic E-state index is 0.340. The standard InChI is InChI=1S/C19H20N2O4S/c1-23-15-9-13(10-16(24-2)18(15)25-3)17(21-22)14-11-26-19(20-14)12-7-5-4-6-8-12/h5,7-11,22H,4,6H2,1-3H3. The third-order valence-corrected chi connectivity index (χ3v) is 4.92. The van der Waals surface area contributed by atoms with E-state index in [1.165, 1.54) is 11.3 Å². The Labute approximate surface area is 156 Å². The minimum Gasteiger partial charge on any atom is -0.493 e. The highest BCUT2D eigenvalue weighted by Crippen LogP contribution is 2.39. The van der Waals surface area contributed by atoms with Gasteiger partial charge in [0.2, 0.25) is 5.75 Å². The van der Waals surface area contributed by atoms with Gasteiger partial charge in [-0.2, -0.15) is 0 Å². The van der Waals surface area contributed by atoms with Crippen molar-refractivity contribution in [1.82, 2.24) is 4.98 Å². The fraction of sp³-hybridized carbons (Fsp3) is 0.263. The molecular formula is C19H20N2O4S. The summed E-state index contributed by atoms with van der Waals surface area (Å²) in [6.45, 7) is 0. The molecule has 1 aromatic heterocycles. The van der Waals surface area contributed by atoms with Crippen LogP contribution in [0.2, 0.25) is 0 Å². The predicted molar refractivity (Wildman–Crippen MR) is 102 cm³/mol. The number of methoxy groups -OCH3 is 3. The summed E-state index contributed by atoms with van der Waals surface area (Å²) in [7, 11) is 4.62. The smallest absolute Gasteiger partial charge is 0.203 e. The molecule has 0 spiro atoms. The third kappa shape index (κ3) is 3.43. The Morgan fingerprint density at radius 3 is 2.38 bits per heavy atom. The number of aromatic nitrogens is 1. The topological polar surface area (TPSA) is 73.2 Å². The van der Waals surface area contributed by atoms with Gasteiger partial charge in [0.05, 0.1) is 21.3 Å². The highest BCUT2D eigenvalue weighted by atomic mass is 32.1. The van der Waals surface area contributed by atoms with Crippen molar-refractivity contribution >= 4 is 22.6 Å². The van der Waals surface area contributed by atoms with Gasteiger partial charge in [0, 0.05) is 16.5 Å². The second-order valence-corrected chi connectivity index (χ2v) is 6.40. The van der Waals surface area contributed by atoms with Crippen molar-refractivity contribution in [3.63, 3.8) is 0 Å². The first-order chi connectivity index (χ1) is 12.7. The van der Waals surface area contributed by atoms with Crippen LogP contribution in [-0.4, -0.2) is 37.2 Å². The Bertz CT molecular complexity index is 858. The maximum atomic E-state index is 9.62. The van der Waals surface area contributed by atoms with Crippen molar-refractivity contribution in [1.29, 1.82) is 0 Å². The summed E-state index contributed by atoms with van der Waals surface area (Å²) in [6, 6.07) is 3.46. The normalized spacial score (nSPS) is 14.1. The summed E-state index contributed by atoms with van der Waals surface area (Å²) in [4.78, 5) is 4.63. The molecule has 7 heteroatoms. The SMILES string of the molecule is COc1cc(C(=NO)c2csc(C3=CCCC=C3)n2)cc(OC)c1OC. The van der Waals surface area contributed by atoms with Crippen LogP contribution in [0, 0.1) is 0 Å². The van der Waals surface area contributed by atoms with E-state index >= 15 is 0 Å². The average Bonchev–Trinajstić information content (AvgIpc) is 3.18. The molecule has 2 aromatic rings. The maximum Gasteiger partial charge on any atom is 0.203 e. The van der Waals surface area contributed by atoms with E-state index in [2.05, 4.69) is 28.4 Å². The molecule has 6 nitrogen and oxygen atoms in total. The van der Waals surface area contributed by atoms with E-state index in [-0.39, 0.29) is 0 Å². The van der Waals surface area contributed by atoms with Gasteiger partial charge in [-0.1, -0.05) is 23.4 Å². The zero-order valence-electron chi connectivity index (χ0n) is 14.9. The van der Waals surface area contributed by atoms with Gasteiger partial charge in [0.1, 0.15) is 16.4 Å². The van der Waals surface area contributed by atoms with Crippen molar-refractivity contribution in [2.24, 2.45) is 5.16 Å². The van der Waals surface area contributed by atoms with Gasteiger partial charge in [0.25, 0.3) is 0 Å². The predicted octanol–water partition coefficient (Wildman–Crippen LogP) is 4.13. The number of benzene rings is 1. The lowest BCUT2D eigenvalue weighted by Gasteiger charge is -2.14. The molecule has 1 aliphatic carbocycles. The van der Waals surface area contributed by atoms with E-state index in [1.54, 1.807) is 33.5 Å². The Hall–Kier alpha value is -2.80. The summed E-state index contributed by atoms with van der Waals surface area (Å²) in [5.41, 5.74) is 2.63. The van der Waals surface area contributed by atoms with Crippen LogP contribution in [0.4, 0.5) is 0 Å². The molecule has 0 saturated heterocycles. The molecule has 3 rings (SSSR count). The molecule has 136 valence electrons. The molecule has 1 N–H and O–H groups in total. The van der Waals surface area contributed by atoms with Crippen molar-refractivity contribution in [2.45, 2.75) is 12.8 Å². The fourth-order valence-corrected chi connectivity index (χ4v) is 3.59. The summed E-state index contributed by atoms with van der Waals surface area (Å²) >= 11 is 1.51. The molecule has 1 heterocycles. The Morgan fingerprint density at radius 1 is 1.12 bits per heavy atom. The van der Waals surface area contributed by atoms with Crippen molar-refractivity contribution < 1.29 is 19.4 Å². The summed E-state index contributed by atoms with van der Waals surface area (Å²) in [5, 5.41) is 15.8. The zero-order valence-corrected chi connectivity index (χ0v) is 15.7. The van der Waals surface area contributed by atoms with Gasteiger partial charge >= 0.3 is 0 Å². The number of ether oxygens (including phenoxy) is 3. The number of rotatable bonds is 6. The molecule has 0 amide bonds. The van der Waals surface area contributed by atoms with E-state index in [0.717, 1.165) is 23.4 Å². The zero-order chi connectivity index (χ0) is 18.5. The number of allylic oxidation sites excluding steroid dienone is 4. The van der Waals surface area contributed by atoms with Crippen LogP contribution in [0.5, 0.6) is 17.2 Å². The average molecular weight is 372 g/mol. The van der Waals surface area contributed by atoms with E-state index in [1.807, 2.05) is 5.38 Å². The van der Waals surface area contributed by atoms with Crippen LogP contribution < -0.4 is 14.2 Å². The van der Waals surface area contributed by atoms with Gasteiger partial charge in [-0.25, -0.2) is 4.98 Å².